The number of carbonyl (C=O) groups excluding carboxylic acids is 3. The number of aldehydes is 1. The molecule has 204 valence electrons. The SMILES string of the molecule is CCCCCc1ccc(-c2ccc(C(=O)OCCc3ccc(OC(=O)c4ccc(O)cc4)c(C=O)c3)cc2)cc1. The van der Waals surface area contributed by atoms with Gasteiger partial charge in [0.05, 0.1) is 23.3 Å². The smallest absolute Gasteiger partial charge is 0.343 e. The molecule has 6 nitrogen and oxygen atoms in total. The monoisotopic (exact) mass is 536 g/mol. The summed E-state index contributed by atoms with van der Waals surface area (Å²) < 4.78 is 10.8. The van der Waals surface area contributed by atoms with Gasteiger partial charge in [0, 0.05) is 6.42 Å². The number of aryl methyl sites for hydroxylation is 1. The van der Waals surface area contributed by atoms with Crippen molar-refractivity contribution in [1.29, 1.82) is 0 Å². The van der Waals surface area contributed by atoms with Crippen molar-refractivity contribution in [3.63, 3.8) is 0 Å². The molecule has 0 atom stereocenters. The molecular weight excluding hydrogens is 504 g/mol. The first kappa shape index (κ1) is 28.3. The van der Waals surface area contributed by atoms with Crippen molar-refractivity contribution in [3.05, 3.63) is 119 Å². The standard InChI is InChI=1S/C34H32O6/c1-2-3-4-5-24-6-9-26(10-7-24)27-11-13-28(14-12-27)33(37)39-21-20-25-8-19-32(30(22-25)23-35)40-34(38)29-15-17-31(36)18-16-29/h6-19,22-23,36H,2-5,20-21H2,1H3. The molecule has 4 rings (SSSR count). The van der Waals surface area contributed by atoms with E-state index in [0.717, 1.165) is 23.1 Å². The number of rotatable bonds is 12. The Morgan fingerprint density at radius 2 is 1.32 bits per heavy atom. The van der Waals surface area contributed by atoms with Crippen LogP contribution in [0.5, 0.6) is 11.5 Å². The third kappa shape index (κ3) is 7.67. The fourth-order valence-electron chi connectivity index (χ4n) is 4.28. The van der Waals surface area contributed by atoms with E-state index >= 15 is 0 Å². The third-order valence-electron chi connectivity index (χ3n) is 6.61. The predicted octanol–water partition coefficient (Wildman–Crippen LogP) is 7.22. The minimum atomic E-state index is -0.643. The first-order valence-corrected chi connectivity index (χ1v) is 13.4. The summed E-state index contributed by atoms with van der Waals surface area (Å²) in [6, 6.07) is 26.4. The van der Waals surface area contributed by atoms with Crippen molar-refractivity contribution in [2.75, 3.05) is 6.61 Å². The van der Waals surface area contributed by atoms with E-state index in [-0.39, 0.29) is 29.2 Å². The van der Waals surface area contributed by atoms with Crippen molar-refractivity contribution < 1.29 is 29.0 Å². The Bertz CT molecular complexity index is 1440. The lowest BCUT2D eigenvalue weighted by Gasteiger charge is -2.10. The maximum atomic E-state index is 12.6. The molecule has 0 aliphatic rings. The van der Waals surface area contributed by atoms with E-state index in [4.69, 9.17) is 9.47 Å². The topological polar surface area (TPSA) is 89.9 Å². The minimum Gasteiger partial charge on any atom is -0.508 e. The lowest BCUT2D eigenvalue weighted by atomic mass is 10.0. The number of ether oxygens (including phenoxy) is 2. The van der Waals surface area contributed by atoms with E-state index < -0.39 is 11.9 Å². The summed E-state index contributed by atoms with van der Waals surface area (Å²) in [6.07, 6.45) is 5.74. The Balaban J connectivity index is 1.29. The second kappa shape index (κ2) is 13.9. The predicted molar refractivity (Wildman–Crippen MR) is 154 cm³/mol. The molecule has 0 fully saturated rings. The molecule has 0 saturated carbocycles. The van der Waals surface area contributed by atoms with Gasteiger partial charge in [0.1, 0.15) is 11.5 Å². The summed E-state index contributed by atoms with van der Waals surface area (Å²) in [6.45, 7) is 2.33. The molecule has 0 unspecified atom stereocenters. The Kier molecular flexibility index (Phi) is 9.83. The van der Waals surface area contributed by atoms with E-state index in [1.54, 1.807) is 24.3 Å². The van der Waals surface area contributed by atoms with Crippen LogP contribution in [0.15, 0.2) is 91.0 Å². The Hall–Kier alpha value is -4.71. The fraction of sp³-hybridized carbons (Fsp3) is 0.206. The highest BCUT2D eigenvalue weighted by Crippen LogP contribution is 2.23. The average Bonchev–Trinajstić information content (AvgIpc) is 2.98. The van der Waals surface area contributed by atoms with Crippen LogP contribution in [0.3, 0.4) is 0 Å². The molecular formula is C34H32O6. The van der Waals surface area contributed by atoms with Gasteiger partial charge < -0.3 is 14.6 Å². The zero-order chi connectivity index (χ0) is 28.3. The zero-order valence-corrected chi connectivity index (χ0v) is 22.5. The van der Waals surface area contributed by atoms with Crippen LogP contribution in [-0.4, -0.2) is 29.9 Å². The lowest BCUT2D eigenvalue weighted by molar-refractivity contribution is 0.0508. The molecule has 0 radical (unpaired) electrons. The first-order chi connectivity index (χ1) is 19.5. The molecule has 0 aromatic heterocycles. The van der Waals surface area contributed by atoms with Crippen molar-refractivity contribution >= 4 is 18.2 Å². The van der Waals surface area contributed by atoms with E-state index in [9.17, 15) is 19.5 Å². The fourth-order valence-corrected chi connectivity index (χ4v) is 4.28. The van der Waals surface area contributed by atoms with Crippen LogP contribution in [0.2, 0.25) is 0 Å². The van der Waals surface area contributed by atoms with Crippen LogP contribution >= 0.6 is 0 Å². The summed E-state index contributed by atoms with van der Waals surface area (Å²) in [5, 5.41) is 9.37. The van der Waals surface area contributed by atoms with Crippen LogP contribution in [-0.2, 0) is 17.6 Å². The number of carbonyl (C=O) groups is 3. The van der Waals surface area contributed by atoms with Gasteiger partial charge in [0.25, 0.3) is 0 Å². The van der Waals surface area contributed by atoms with Gasteiger partial charge in [-0.3, -0.25) is 4.79 Å². The molecule has 0 aliphatic carbocycles. The van der Waals surface area contributed by atoms with Crippen molar-refractivity contribution in [2.24, 2.45) is 0 Å². The van der Waals surface area contributed by atoms with E-state index in [1.807, 2.05) is 12.1 Å². The lowest BCUT2D eigenvalue weighted by Crippen LogP contribution is -2.10. The number of unbranched alkanes of at least 4 members (excludes halogenated alkanes) is 2. The Morgan fingerprint density at radius 3 is 1.98 bits per heavy atom. The summed E-state index contributed by atoms with van der Waals surface area (Å²) in [4.78, 5) is 36.5. The van der Waals surface area contributed by atoms with Gasteiger partial charge in [-0.05, 0) is 83.6 Å². The number of aromatic hydroxyl groups is 1. The normalized spacial score (nSPS) is 10.6. The molecule has 0 amide bonds. The summed E-state index contributed by atoms with van der Waals surface area (Å²) in [7, 11) is 0. The van der Waals surface area contributed by atoms with Gasteiger partial charge >= 0.3 is 11.9 Å². The van der Waals surface area contributed by atoms with Crippen molar-refractivity contribution in [1.82, 2.24) is 0 Å². The van der Waals surface area contributed by atoms with Gasteiger partial charge in [-0.2, -0.15) is 0 Å². The van der Waals surface area contributed by atoms with E-state index in [0.29, 0.717) is 18.3 Å². The van der Waals surface area contributed by atoms with Crippen LogP contribution in [0.4, 0.5) is 0 Å². The van der Waals surface area contributed by atoms with Gasteiger partial charge in [-0.15, -0.1) is 0 Å². The van der Waals surface area contributed by atoms with Crippen LogP contribution in [0.1, 0.15) is 68.4 Å². The van der Waals surface area contributed by atoms with Crippen LogP contribution in [0, 0.1) is 0 Å². The highest BCUT2D eigenvalue weighted by molar-refractivity contribution is 5.93. The van der Waals surface area contributed by atoms with Gasteiger partial charge in [-0.1, -0.05) is 62.2 Å². The largest absolute Gasteiger partial charge is 0.508 e. The molecule has 0 saturated heterocycles. The number of hydrogen-bond donors (Lipinski definition) is 1. The van der Waals surface area contributed by atoms with Gasteiger partial charge in [-0.25, -0.2) is 9.59 Å². The highest BCUT2D eigenvalue weighted by Gasteiger charge is 2.13. The molecule has 6 heteroatoms. The molecule has 0 aliphatic heterocycles. The van der Waals surface area contributed by atoms with Gasteiger partial charge in [0.15, 0.2) is 6.29 Å². The quantitative estimate of drug-likeness (QED) is 0.0890. The summed E-state index contributed by atoms with van der Waals surface area (Å²) in [5.41, 5.74) is 5.14. The second-order valence-corrected chi connectivity index (χ2v) is 9.54. The number of hydrogen-bond acceptors (Lipinski definition) is 6. The number of esters is 2. The molecule has 1 N–H and O–H groups in total. The second-order valence-electron chi connectivity index (χ2n) is 9.54. The van der Waals surface area contributed by atoms with E-state index in [1.165, 1.54) is 55.2 Å². The minimum absolute atomic E-state index is 0.0332. The van der Waals surface area contributed by atoms with Crippen LogP contribution < -0.4 is 4.74 Å². The maximum absolute atomic E-state index is 12.6. The van der Waals surface area contributed by atoms with Crippen molar-refractivity contribution in [2.45, 2.75) is 39.0 Å². The van der Waals surface area contributed by atoms with Gasteiger partial charge in [0.2, 0.25) is 0 Å². The molecule has 40 heavy (non-hydrogen) atoms. The maximum Gasteiger partial charge on any atom is 0.343 e. The molecule has 0 bridgehead atoms. The molecule has 0 spiro atoms. The van der Waals surface area contributed by atoms with Crippen LogP contribution in [0.25, 0.3) is 11.1 Å². The number of phenolic OH excluding ortho intramolecular Hbond substituents is 1. The van der Waals surface area contributed by atoms with E-state index in [2.05, 4.69) is 31.2 Å². The number of benzene rings is 4. The Labute approximate surface area is 234 Å². The molecule has 0 heterocycles. The highest BCUT2D eigenvalue weighted by atomic mass is 16.5. The third-order valence-corrected chi connectivity index (χ3v) is 6.61. The summed E-state index contributed by atoms with van der Waals surface area (Å²) >= 11 is 0. The average molecular weight is 537 g/mol. The molecule has 4 aromatic carbocycles. The molecule has 4 aromatic rings. The zero-order valence-electron chi connectivity index (χ0n) is 22.5. The first-order valence-electron chi connectivity index (χ1n) is 13.4. The summed E-state index contributed by atoms with van der Waals surface area (Å²) in [5.74, 6) is -0.908. The number of phenols is 1. The Morgan fingerprint density at radius 1 is 0.725 bits per heavy atom. The van der Waals surface area contributed by atoms with Crippen molar-refractivity contribution in [3.8, 4) is 22.6 Å².